The van der Waals surface area contributed by atoms with Gasteiger partial charge in [-0.2, -0.15) is 8.78 Å². The van der Waals surface area contributed by atoms with Crippen molar-refractivity contribution < 1.29 is 22.5 Å². The van der Waals surface area contributed by atoms with Gasteiger partial charge >= 0.3 is 5.92 Å². The summed E-state index contributed by atoms with van der Waals surface area (Å²) in [7, 11) is 0. The molecule has 0 unspecified atom stereocenters. The van der Waals surface area contributed by atoms with E-state index >= 15 is 0 Å². The third kappa shape index (κ3) is 4.83. The summed E-state index contributed by atoms with van der Waals surface area (Å²) in [5, 5.41) is 7.13. The van der Waals surface area contributed by atoms with Gasteiger partial charge in [0.1, 0.15) is 5.76 Å². The summed E-state index contributed by atoms with van der Waals surface area (Å²) < 4.78 is 37.4. The molecular weight excluding hydrogens is 430 g/mol. The fraction of sp³-hybridized carbons (Fsp3) is 0.708. The number of piperidine rings is 1. The zero-order chi connectivity index (χ0) is 23.2. The third-order valence-electron chi connectivity index (χ3n) is 7.74. The minimum absolute atomic E-state index is 0.00645. The van der Waals surface area contributed by atoms with Crippen molar-refractivity contribution in [1.29, 1.82) is 0 Å². The summed E-state index contributed by atoms with van der Waals surface area (Å²) in [6.07, 6.45) is 8.25. The van der Waals surface area contributed by atoms with Crippen LogP contribution in [0.15, 0.2) is 21.2 Å². The lowest BCUT2D eigenvalue weighted by molar-refractivity contribution is -0.121. The first kappa shape index (κ1) is 22.5. The van der Waals surface area contributed by atoms with E-state index in [1.54, 1.807) is 13.1 Å². The summed E-state index contributed by atoms with van der Waals surface area (Å²) in [6, 6.07) is 1.70. The number of hydrogen-bond acceptors (Lipinski definition) is 6. The van der Waals surface area contributed by atoms with Crippen molar-refractivity contribution in [3.05, 3.63) is 35.4 Å². The Morgan fingerprint density at radius 2 is 2.12 bits per heavy atom. The fourth-order valence-electron chi connectivity index (χ4n) is 5.76. The molecule has 2 atom stereocenters. The molecule has 2 saturated carbocycles. The van der Waals surface area contributed by atoms with Crippen molar-refractivity contribution in [1.82, 2.24) is 20.4 Å². The van der Waals surface area contributed by atoms with Crippen LogP contribution in [0.2, 0.25) is 0 Å². The average Bonchev–Trinajstić information content (AvgIpc) is 3.18. The van der Waals surface area contributed by atoms with E-state index in [0.29, 0.717) is 29.2 Å². The van der Waals surface area contributed by atoms with E-state index in [1.807, 2.05) is 0 Å². The van der Waals surface area contributed by atoms with Crippen LogP contribution in [0.3, 0.4) is 0 Å². The van der Waals surface area contributed by atoms with E-state index in [4.69, 9.17) is 8.94 Å². The standard InChI is InChI=1S/C24H32F2N4O3/c1-15-27-12-19(32-15)9-22(31)28-18-5-3-16(4-6-18)7-8-30-13-17-11-24(17,14-30)20-10-21(33-29-20)23(2,25)26/h10,12,16-18H,3-9,11,13-14H2,1-2H3,(H,28,31)/t16?,17-,18?,24-/m0/s1. The van der Waals surface area contributed by atoms with Gasteiger partial charge in [0.25, 0.3) is 0 Å². The first-order valence-electron chi connectivity index (χ1n) is 12.0. The molecule has 0 bridgehead atoms. The molecule has 3 heterocycles. The third-order valence-corrected chi connectivity index (χ3v) is 7.74. The number of aryl methyl sites for hydroxylation is 1. The highest BCUT2D eigenvalue weighted by Crippen LogP contribution is 2.59. The number of alkyl halides is 2. The summed E-state index contributed by atoms with van der Waals surface area (Å²) in [5.74, 6) is -0.986. The Balaban J connectivity index is 1.03. The predicted octanol–water partition coefficient (Wildman–Crippen LogP) is 3.96. The molecular formula is C24H32F2N4O3. The fourth-order valence-corrected chi connectivity index (χ4v) is 5.76. The monoisotopic (exact) mass is 462 g/mol. The average molecular weight is 463 g/mol. The van der Waals surface area contributed by atoms with E-state index in [9.17, 15) is 13.6 Å². The molecule has 5 rings (SSSR count). The van der Waals surface area contributed by atoms with Gasteiger partial charge in [-0.3, -0.25) is 4.79 Å². The highest BCUT2D eigenvalue weighted by molar-refractivity contribution is 5.78. The first-order valence-corrected chi connectivity index (χ1v) is 12.0. The van der Waals surface area contributed by atoms with Crippen LogP contribution in [0.1, 0.15) is 68.6 Å². The van der Waals surface area contributed by atoms with E-state index in [1.165, 1.54) is 6.07 Å². The molecule has 180 valence electrons. The van der Waals surface area contributed by atoms with Crippen LogP contribution in [0.4, 0.5) is 8.78 Å². The minimum atomic E-state index is -2.99. The van der Waals surface area contributed by atoms with Gasteiger partial charge < -0.3 is 19.2 Å². The zero-order valence-electron chi connectivity index (χ0n) is 19.3. The second kappa shape index (κ2) is 8.49. The van der Waals surface area contributed by atoms with Gasteiger partial charge in [0.05, 0.1) is 18.3 Å². The predicted molar refractivity (Wildman–Crippen MR) is 116 cm³/mol. The van der Waals surface area contributed by atoms with Crippen molar-refractivity contribution in [2.45, 2.75) is 76.2 Å². The number of amides is 1. The van der Waals surface area contributed by atoms with Gasteiger partial charge in [0, 0.05) is 44.5 Å². The molecule has 0 spiro atoms. The molecule has 1 amide bonds. The number of aromatic nitrogens is 2. The van der Waals surface area contributed by atoms with Gasteiger partial charge in [-0.05, 0) is 56.9 Å². The van der Waals surface area contributed by atoms with Crippen LogP contribution >= 0.6 is 0 Å². The summed E-state index contributed by atoms with van der Waals surface area (Å²) >= 11 is 0. The first-order chi connectivity index (χ1) is 15.7. The Labute approximate surface area is 192 Å². The summed E-state index contributed by atoms with van der Waals surface area (Å²) in [5.41, 5.74) is 0.611. The maximum Gasteiger partial charge on any atom is 0.304 e. The Hall–Kier alpha value is -2.29. The van der Waals surface area contributed by atoms with Gasteiger partial charge in [-0.1, -0.05) is 5.16 Å². The number of nitrogens with one attached hydrogen (secondary N) is 1. The maximum absolute atomic E-state index is 13.5. The molecule has 3 aliphatic rings. The molecule has 1 N–H and O–H groups in total. The molecule has 2 aromatic heterocycles. The molecule has 2 aromatic rings. The van der Waals surface area contributed by atoms with Crippen molar-refractivity contribution in [2.24, 2.45) is 11.8 Å². The molecule has 2 aliphatic carbocycles. The van der Waals surface area contributed by atoms with Crippen LogP contribution in [0, 0.1) is 18.8 Å². The van der Waals surface area contributed by atoms with Gasteiger partial charge in [-0.25, -0.2) is 4.98 Å². The van der Waals surface area contributed by atoms with Gasteiger partial charge in [-0.15, -0.1) is 0 Å². The number of hydrogen-bond donors (Lipinski definition) is 1. The second-order valence-corrected chi connectivity index (χ2v) is 10.4. The second-order valence-electron chi connectivity index (χ2n) is 10.4. The number of oxazole rings is 1. The van der Waals surface area contributed by atoms with Crippen molar-refractivity contribution in [3.63, 3.8) is 0 Å². The maximum atomic E-state index is 13.5. The van der Waals surface area contributed by atoms with Crippen LogP contribution in [0.25, 0.3) is 0 Å². The number of halogens is 2. The number of fused-ring (bicyclic) bond motifs is 1. The van der Waals surface area contributed by atoms with Crippen LogP contribution in [0.5, 0.6) is 0 Å². The normalized spacial score (nSPS) is 29.8. The van der Waals surface area contributed by atoms with Gasteiger partial charge in [0.2, 0.25) is 11.7 Å². The quantitative estimate of drug-likeness (QED) is 0.639. The van der Waals surface area contributed by atoms with E-state index < -0.39 is 5.92 Å². The Morgan fingerprint density at radius 3 is 2.79 bits per heavy atom. The zero-order valence-corrected chi connectivity index (χ0v) is 19.3. The molecule has 9 heteroatoms. The van der Waals surface area contributed by atoms with Crippen LogP contribution in [-0.2, 0) is 22.6 Å². The Bertz CT molecular complexity index is 992. The van der Waals surface area contributed by atoms with E-state index in [-0.39, 0.29) is 29.5 Å². The SMILES string of the molecule is Cc1ncc(CC(=O)NC2CCC(CCN3C[C@@H]4C[C@]4(c4cc(C(C)(F)F)on4)C3)CC2)o1. The lowest BCUT2D eigenvalue weighted by Crippen LogP contribution is -2.39. The van der Waals surface area contributed by atoms with Crippen molar-refractivity contribution in [2.75, 3.05) is 19.6 Å². The molecule has 1 aliphatic heterocycles. The lowest BCUT2D eigenvalue weighted by Gasteiger charge is -2.30. The number of carbonyl (C=O) groups is 1. The highest BCUT2D eigenvalue weighted by Gasteiger charge is 2.62. The molecule has 7 nitrogen and oxygen atoms in total. The largest absolute Gasteiger partial charge is 0.446 e. The molecule has 3 fully saturated rings. The highest BCUT2D eigenvalue weighted by atomic mass is 19.3. The number of likely N-dealkylation sites (tertiary alicyclic amines) is 1. The lowest BCUT2D eigenvalue weighted by atomic mass is 9.84. The molecule has 33 heavy (non-hydrogen) atoms. The Kier molecular flexibility index (Phi) is 5.79. The molecule has 0 radical (unpaired) electrons. The van der Waals surface area contributed by atoms with Crippen molar-refractivity contribution in [3.8, 4) is 0 Å². The molecule has 0 aromatic carbocycles. The van der Waals surface area contributed by atoms with Crippen LogP contribution < -0.4 is 5.32 Å². The van der Waals surface area contributed by atoms with E-state index in [0.717, 1.165) is 65.1 Å². The smallest absolute Gasteiger partial charge is 0.304 e. The number of nitrogens with zero attached hydrogens (tertiary/aromatic N) is 3. The number of rotatable bonds is 8. The summed E-state index contributed by atoms with van der Waals surface area (Å²) in [6.45, 7) is 5.53. The van der Waals surface area contributed by atoms with E-state index in [2.05, 4.69) is 20.4 Å². The summed E-state index contributed by atoms with van der Waals surface area (Å²) in [4.78, 5) is 18.7. The minimum Gasteiger partial charge on any atom is -0.446 e. The van der Waals surface area contributed by atoms with Gasteiger partial charge in [0.15, 0.2) is 5.89 Å². The topological polar surface area (TPSA) is 84.4 Å². The van der Waals surface area contributed by atoms with Crippen molar-refractivity contribution >= 4 is 5.91 Å². The Morgan fingerprint density at radius 1 is 1.33 bits per heavy atom. The van der Waals surface area contributed by atoms with Crippen LogP contribution in [-0.4, -0.2) is 46.6 Å². The number of carbonyl (C=O) groups excluding carboxylic acids is 1. The molecule has 1 saturated heterocycles.